The van der Waals surface area contributed by atoms with Crippen LogP contribution in [0, 0.1) is 6.92 Å². The highest BCUT2D eigenvalue weighted by atomic mass is 16.5. The van der Waals surface area contributed by atoms with Crippen LogP contribution in [-0.4, -0.2) is 18.0 Å². The van der Waals surface area contributed by atoms with Gasteiger partial charge in [-0.3, -0.25) is 0 Å². The van der Waals surface area contributed by atoms with Crippen LogP contribution in [0.1, 0.15) is 35.5 Å². The summed E-state index contributed by atoms with van der Waals surface area (Å²) < 4.78 is 16.2. The van der Waals surface area contributed by atoms with Gasteiger partial charge in [0, 0.05) is 11.5 Å². The fraction of sp³-hybridized carbons (Fsp3) is 0.182. The summed E-state index contributed by atoms with van der Waals surface area (Å²) in [4.78, 5) is 24.4. The Morgan fingerprint density at radius 2 is 1.81 bits per heavy atom. The molecule has 5 heteroatoms. The van der Waals surface area contributed by atoms with Crippen LogP contribution >= 0.6 is 0 Å². The van der Waals surface area contributed by atoms with Gasteiger partial charge in [-0.2, -0.15) is 0 Å². The number of fused-ring (bicyclic) bond motifs is 1. The summed E-state index contributed by atoms with van der Waals surface area (Å²) in [6.07, 6.45) is 2.79. The van der Waals surface area contributed by atoms with E-state index in [9.17, 15) is 9.59 Å². The fourth-order valence-corrected chi connectivity index (χ4v) is 2.67. The highest BCUT2D eigenvalue weighted by Gasteiger charge is 2.21. The molecule has 0 atom stereocenters. The molecule has 3 rings (SSSR count). The Morgan fingerprint density at radius 3 is 2.52 bits per heavy atom. The SMILES string of the molecule is Cc1oc2ccc(OC(=O)C=Cc3ccccc3)cc2c1C(=O)OC(C)C. The van der Waals surface area contributed by atoms with E-state index >= 15 is 0 Å². The number of carbonyl (C=O) groups excluding carboxylic acids is 2. The zero-order valence-electron chi connectivity index (χ0n) is 15.4. The molecule has 1 aromatic heterocycles. The van der Waals surface area contributed by atoms with Gasteiger partial charge < -0.3 is 13.9 Å². The number of hydrogen-bond acceptors (Lipinski definition) is 5. The first-order valence-corrected chi connectivity index (χ1v) is 8.63. The van der Waals surface area contributed by atoms with E-state index < -0.39 is 11.9 Å². The molecule has 0 aliphatic carbocycles. The third-order valence-electron chi connectivity index (χ3n) is 3.81. The molecule has 27 heavy (non-hydrogen) atoms. The Hall–Kier alpha value is -3.34. The molecule has 3 aromatic rings. The number of rotatable bonds is 5. The third kappa shape index (κ3) is 4.44. The minimum Gasteiger partial charge on any atom is -0.460 e. The van der Waals surface area contributed by atoms with Gasteiger partial charge >= 0.3 is 11.9 Å². The fourth-order valence-electron chi connectivity index (χ4n) is 2.67. The molecule has 0 spiro atoms. The van der Waals surface area contributed by atoms with Gasteiger partial charge in [-0.15, -0.1) is 0 Å². The molecule has 0 unspecified atom stereocenters. The predicted molar refractivity (Wildman–Crippen MR) is 103 cm³/mol. The monoisotopic (exact) mass is 364 g/mol. The van der Waals surface area contributed by atoms with Crippen molar-refractivity contribution in [3.05, 3.63) is 71.5 Å². The normalized spacial score (nSPS) is 11.3. The van der Waals surface area contributed by atoms with Gasteiger partial charge in [-0.05, 0) is 50.6 Å². The minimum atomic E-state index is -0.510. The zero-order chi connectivity index (χ0) is 19.4. The largest absolute Gasteiger partial charge is 0.460 e. The Balaban J connectivity index is 1.82. The molecule has 0 amide bonds. The summed E-state index contributed by atoms with van der Waals surface area (Å²) in [6, 6.07) is 14.3. The van der Waals surface area contributed by atoms with E-state index in [2.05, 4.69) is 0 Å². The Morgan fingerprint density at radius 1 is 1.07 bits per heavy atom. The van der Waals surface area contributed by atoms with Crippen molar-refractivity contribution >= 4 is 29.0 Å². The molecule has 0 radical (unpaired) electrons. The van der Waals surface area contributed by atoms with E-state index in [1.807, 2.05) is 30.3 Å². The van der Waals surface area contributed by atoms with Crippen LogP contribution < -0.4 is 4.74 Å². The van der Waals surface area contributed by atoms with Crippen LogP contribution in [0.3, 0.4) is 0 Å². The van der Waals surface area contributed by atoms with Crippen LogP contribution in [0.25, 0.3) is 17.0 Å². The lowest BCUT2D eigenvalue weighted by Crippen LogP contribution is -2.12. The summed E-state index contributed by atoms with van der Waals surface area (Å²) >= 11 is 0. The van der Waals surface area contributed by atoms with Gasteiger partial charge in [0.05, 0.1) is 6.10 Å². The topological polar surface area (TPSA) is 65.7 Å². The van der Waals surface area contributed by atoms with E-state index in [1.165, 1.54) is 6.08 Å². The lowest BCUT2D eigenvalue weighted by molar-refractivity contribution is -0.128. The average Bonchev–Trinajstić information content (AvgIpc) is 2.95. The molecule has 0 bridgehead atoms. The molecule has 0 N–H and O–H groups in total. The van der Waals surface area contributed by atoms with Crippen LogP contribution in [0.4, 0.5) is 0 Å². The average molecular weight is 364 g/mol. The van der Waals surface area contributed by atoms with Crippen LogP contribution in [0.2, 0.25) is 0 Å². The molecule has 0 aliphatic rings. The standard InChI is InChI=1S/C22H20O5/c1-14(2)25-22(24)21-15(3)26-19-11-10-17(13-18(19)21)27-20(23)12-9-16-7-5-4-6-8-16/h4-14H,1-3H3. The van der Waals surface area contributed by atoms with Gasteiger partial charge in [-0.1, -0.05) is 30.3 Å². The van der Waals surface area contributed by atoms with Gasteiger partial charge in [0.25, 0.3) is 0 Å². The van der Waals surface area contributed by atoms with Crippen molar-refractivity contribution in [1.29, 1.82) is 0 Å². The van der Waals surface area contributed by atoms with E-state index in [0.717, 1.165) is 5.56 Å². The number of carbonyl (C=O) groups is 2. The van der Waals surface area contributed by atoms with Crippen molar-refractivity contribution in [3.8, 4) is 5.75 Å². The first-order chi connectivity index (χ1) is 12.9. The molecule has 0 saturated carbocycles. The maximum absolute atomic E-state index is 12.3. The van der Waals surface area contributed by atoms with Crippen molar-refractivity contribution in [2.75, 3.05) is 0 Å². The van der Waals surface area contributed by atoms with Crippen molar-refractivity contribution in [1.82, 2.24) is 0 Å². The third-order valence-corrected chi connectivity index (χ3v) is 3.81. The zero-order valence-corrected chi connectivity index (χ0v) is 15.4. The van der Waals surface area contributed by atoms with E-state index in [0.29, 0.717) is 28.0 Å². The summed E-state index contributed by atoms with van der Waals surface area (Å²) in [5.41, 5.74) is 1.77. The Kier molecular flexibility index (Phi) is 5.41. The first-order valence-electron chi connectivity index (χ1n) is 8.63. The lowest BCUT2D eigenvalue weighted by atomic mass is 10.1. The molecular weight excluding hydrogens is 344 g/mol. The molecule has 0 fully saturated rings. The second kappa shape index (κ2) is 7.91. The number of benzene rings is 2. The van der Waals surface area contributed by atoms with Crippen LogP contribution in [0.5, 0.6) is 5.75 Å². The first kappa shape index (κ1) is 18.5. The second-order valence-corrected chi connectivity index (χ2v) is 6.31. The quantitative estimate of drug-likeness (QED) is 0.365. The highest BCUT2D eigenvalue weighted by molar-refractivity contribution is 6.05. The van der Waals surface area contributed by atoms with Crippen molar-refractivity contribution in [3.63, 3.8) is 0 Å². The summed E-state index contributed by atoms with van der Waals surface area (Å²) in [5, 5.41) is 0.551. The minimum absolute atomic E-state index is 0.244. The van der Waals surface area contributed by atoms with Gasteiger partial charge in [-0.25, -0.2) is 9.59 Å². The molecule has 5 nitrogen and oxygen atoms in total. The predicted octanol–water partition coefficient (Wildman–Crippen LogP) is 4.93. The maximum atomic E-state index is 12.3. The van der Waals surface area contributed by atoms with E-state index in [-0.39, 0.29) is 6.10 Å². The van der Waals surface area contributed by atoms with Crippen molar-refractivity contribution in [2.24, 2.45) is 0 Å². The Labute approximate surface area is 157 Å². The van der Waals surface area contributed by atoms with Gasteiger partial charge in [0.15, 0.2) is 0 Å². The van der Waals surface area contributed by atoms with Crippen molar-refractivity contribution < 1.29 is 23.5 Å². The summed E-state index contributed by atoms with van der Waals surface area (Å²) in [6.45, 7) is 5.26. The van der Waals surface area contributed by atoms with E-state index in [1.54, 1.807) is 45.0 Å². The lowest BCUT2D eigenvalue weighted by Gasteiger charge is -2.07. The molecular formula is C22H20O5. The molecule has 0 saturated heterocycles. The molecule has 0 aliphatic heterocycles. The van der Waals surface area contributed by atoms with Crippen LogP contribution in [-0.2, 0) is 9.53 Å². The summed E-state index contributed by atoms with van der Waals surface area (Å²) in [7, 11) is 0. The van der Waals surface area contributed by atoms with Gasteiger partial charge in [0.1, 0.15) is 22.7 Å². The van der Waals surface area contributed by atoms with Gasteiger partial charge in [0.2, 0.25) is 0 Å². The molecule has 2 aromatic carbocycles. The van der Waals surface area contributed by atoms with Crippen molar-refractivity contribution in [2.45, 2.75) is 26.9 Å². The summed E-state index contributed by atoms with van der Waals surface area (Å²) in [5.74, 6) is -0.189. The van der Waals surface area contributed by atoms with Crippen LogP contribution in [0.15, 0.2) is 59.0 Å². The number of hydrogen-bond donors (Lipinski definition) is 0. The highest BCUT2D eigenvalue weighted by Crippen LogP contribution is 2.30. The van der Waals surface area contributed by atoms with E-state index in [4.69, 9.17) is 13.9 Å². The maximum Gasteiger partial charge on any atom is 0.342 e. The second-order valence-electron chi connectivity index (χ2n) is 6.31. The molecule has 138 valence electrons. The molecule has 1 heterocycles. The Bertz CT molecular complexity index is 996. The number of esters is 2. The number of furan rings is 1. The number of aryl methyl sites for hydroxylation is 1. The number of ether oxygens (including phenoxy) is 2. The smallest absolute Gasteiger partial charge is 0.342 e.